The first kappa shape index (κ1) is 10.9. The first-order valence-corrected chi connectivity index (χ1v) is 2.81. The molecule has 1 aliphatic heterocycles. The van der Waals surface area contributed by atoms with E-state index >= 15 is 0 Å². The Kier molecular flexibility index (Phi) is 3.50. The molecule has 1 rings (SSSR count). The van der Waals surface area contributed by atoms with E-state index in [9.17, 15) is 9.59 Å². The summed E-state index contributed by atoms with van der Waals surface area (Å²) in [5, 5.41) is 19.3. The number of amides is 1. The van der Waals surface area contributed by atoms with Gasteiger partial charge >= 0.3 is 5.97 Å². The Morgan fingerprint density at radius 3 is 2.36 bits per heavy atom. The van der Waals surface area contributed by atoms with Crippen LogP contribution in [0.25, 0.3) is 0 Å². The number of aliphatic hydroxyl groups is 1. The van der Waals surface area contributed by atoms with Crippen LogP contribution in [0.3, 0.4) is 0 Å². The molecule has 5 nitrogen and oxygen atoms in total. The fourth-order valence-corrected chi connectivity index (χ4v) is 0.810. The summed E-state index contributed by atoms with van der Waals surface area (Å²) in [6.45, 7) is 0. The zero-order valence-electron chi connectivity index (χ0n) is 6.13. The second-order valence-electron chi connectivity index (χ2n) is 2.21. The van der Waals surface area contributed by atoms with Crippen molar-refractivity contribution in [2.24, 2.45) is 0 Å². The molecule has 0 aromatic rings. The number of carboxylic acid groups (broad SMARTS) is 1. The second kappa shape index (κ2) is 3.53. The molecule has 57 valence electrons. The van der Waals surface area contributed by atoms with Gasteiger partial charge in [0.05, 0.1) is 0 Å². The number of hydrogen-bond donors (Lipinski definition) is 3. The van der Waals surface area contributed by atoms with Crippen LogP contribution in [-0.2, 0) is 9.59 Å². The van der Waals surface area contributed by atoms with E-state index in [1.54, 1.807) is 0 Å². The number of aliphatic carboxylic acids is 1. The van der Waals surface area contributed by atoms with E-state index in [2.05, 4.69) is 0 Å². The summed E-state index contributed by atoms with van der Waals surface area (Å²) in [6.07, 6.45) is 0.0178. The number of carboxylic acids is 1. The van der Waals surface area contributed by atoms with Gasteiger partial charge in [0.1, 0.15) is 0 Å². The SMILES string of the molecule is O=C1CC[C@@](O)(C(=O)O)N1.[Na]. The van der Waals surface area contributed by atoms with E-state index < -0.39 is 17.6 Å². The number of carbonyl (C=O) groups excluding carboxylic acids is 1. The van der Waals surface area contributed by atoms with Gasteiger partial charge in [0, 0.05) is 42.4 Å². The molecule has 0 unspecified atom stereocenters. The summed E-state index contributed by atoms with van der Waals surface area (Å²) >= 11 is 0. The summed E-state index contributed by atoms with van der Waals surface area (Å²) in [7, 11) is 0. The maximum Gasteiger partial charge on any atom is 0.357 e. The minimum Gasteiger partial charge on any atom is -0.478 e. The van der Waals surface area contributed by atoms with Crippen molar-refractivity contribution < 1.29 is 19.8 Å². The van der Waals surface area contributed by atoms with Crippen molar-refractivity contribution in [1.82, 2.24) is 5.32 Å². The molecule has 1 heterocycles. The van der Waals surface area contributed by atoms with Crippen molar-refractivity contribution in [1.29, 1.82) is 0 Å². The molecular formula is C5H7NNaO4. The number of hydrogen-bond acceptors (Lipinski definition) is 3. The quantitative estimate of drug-likeness (QED) is 0.407. The monoisotopic (exact) mass is 168 g/mol. The van der Waals surface area contributed by atoms with Crippen molar-refractivity contribution in [3.05, 3.63) is 0 Å². The average Bonchev–Trinajstić information content (AvgIpc) is 2.13. The topological polar surface area (TPSA) is 86.6 Å². The smallest absolute Gasteiger partial charge is 0.357 e. The maximum absolute atomic E-state index is 10.4. The van der Waals surface area contributed by atoms with E-state index in [1.165, 1.54) is 0 Å². The van der Waals surface area contributed by atoms with Crippen LogP contribution >= 0.6 is 0 Å². The molecule has 1 aliphatic rings. The Morgan fingerprint density at radius 2 is 2.18 bits per heavy atom. The molecular weight excluding hydrogens is 161 g/mol. The van der Waals surface area contributed by atoms with Gasteiger partial charge < -0.3 is 15.5 Å². The normalized spacial score (nSPS) is 29.0. The van der Waals surface area contributed by atoms with Gasteiger partial charge in [0.2, 0.25) is 11.6 Å². The first-order chi connectivity index (χ1) is 4.54. The Labute approximate surface area is 85.1 Å². The van der Waals surface area contributed by atoms with Crippen molar-refractivity contribution >= 4 is 41.4 Å². The van der Waals surface area contributed by atoms with E-state index in [0.29, 0.717) is 0 Å². The molecule has 1 fully saturated rings. The first-order valence-electron chi connectivity index (χ1n) is 2.81. The molecule has 6 heteroatoms. The van der Waals surface area contributed by atoms with Crippen molar-refractivity contribution in [2.75, 3.05) is 0 Å². The summed E-state index contributed by atoms with van der Waals surface area (Å²) in [5.74, 6) is -1.83. The van der Waals surface area contributed by atoms with Crippen LogP contribution in [0.5, 0.6) is 0 Å². The van der Waals surface area contributed by atoms with E-state index in [0.717, 1.165) is 0 Å². The van der Waals surface area contributed by atoms with Crippen LogP contribution < -0.4 is 5.32 Å². The molecule has 1 amide bonds. The molecule has 11 heavy (non-hydrogen) atoms. The molecule has 0 aromatic carbocycles. The van der Waals surface area contributed by atoms with Gasteiger partial charge in [-0.05, 0) is 0 Å². The number of carbonyl (C=O) groups is 2. The van der Waals surface area contributed by atoms with Gasteiger partial charge in [0.15, 0.2) is 0 Å². The third-order valence-corrected chi connectivity index (χ3v) is 1.41. The predicted molar refractivity (Wildman–Crippen MR) is 35.7 cm³/mol. The van der Waals surface area contributed by atoms with Gasteiger partial charge in [-0.1, -0.05) is 0 Å². The summed E-state index contributed by atoms with van der Waals surface area (Å²) in [4.78, 5) is 20.6. The number of nitrogens with one attached hydrogen (secondary N) is 1. The van der Waals surface area contributed by atoms with Crippen LogP contribution in [0, 0.1) is 0 Å². The molecule has 1 saturated heterocycles. The van der Waals surface area contributed by atoms with Gasteiger partial charge in [-0.2, -0.15) is 0 Å². The fraction of sp³-hybridized carbons (Fsp3) is 0.600. The third-order valence-electron chi connectivity index (χ3n) is 1.41. The van der Waals surface area contributed by atoms with E-state index in [-0.39, 0.29) is 42.4 Å². The molecule has 0 spiro atoms. The molecule has 1 atom stereocenters. The van der Waals surface area contributed by atoms with Crippen LogP contribution in [-0.4, -0.2) is 57.4 Å². The second-order valence-corrected chi connectivity index (χ2v) is 2.21. The third kappa shape index (κ3) is 2.16. The summed E-state index contributed by atoms with van der Waals surface area (Å²) in [5.41, 5.74) is -2.02. The van der Waals surface area contributed by atoms with Gasteiger partial charge in [0.25, 0.3) is 0 Å². The minimum atomic E-state index is -2.02. The van der Waals surface area contributed by atoms with Gasteiger partial charge in [-0.3, -0.25) is 4.79 Å². The van der Waals surface area contributed by atoms with Gasteiger partial charge in [-0.15, -0.1) is 0 Å². The molecule has 0 aliphatic carbocycles. The van der Waals surface area contributed by atoms with Crippen molar-refractivity contribution in [3.63, 3.8) is 0 Å². The zero-order chi connectivity index (χ0) is 7.78. The zero-order valence-corrected chi connectivity index (χ0v) is 8.13. The molecule has 0 bridgehead atoms. The molecule has 0 aromatic heterocycles. The number of rotatable bonds is 1. The largest absolute Gasteiger partial charge is 0.478 e. The summed E-state index contributed by atoms with van der Waals surface area (Å²) in [6, 6.07) is 0. The summed E-state index contributed by atoms with van der Waals surface area (Å²) < 4.78 is 0. The fourth-order valence-electron chi connectivity index (χ4n) is 0.810. The Balaban J connectivity index is 0.000001000. The van der Waals surface area contributed by atoms with Crippen molar-refractivity contribution in [2.45, 2.75) is 18.6 Å². The van der Waals surface area contributed by atoms with Gasteiger partial charge in [-0.25, -0.2) is 4.79 Å². The van der Waals surface area contributed by atoms with Crippen LogP contribution in [0.2, 0.25) is 0 Å². The molecule has 0 saturated carbocycles. The minimum absolute atomic E-state index is 0. The van der Waals surface area contributed by atoms with Crippen LogP contribution in [0.1, 0.15) is 12.8 Å². The Morgan fingerprint density at radius 1 is 1.64 bits per heavy atom. The van der Waals surface area contributed by atoms with E-state index in [1.807, 2.05) is 5.32 Å². The average molecular weight is 168 g/mol. The Bertz CT molecular complexity index is 195. The standard InChI is InChI=1S/C5H7NO4.Na/c7-3-1-2-5(10,6-3)4(8)9;/h10H,1-2H2,(H,6,7)(H,8,9);/t5-;/m1./s1. The van der Waals surface area contributed by atoms with Crippen molar-refractivity contribution in [3.8, 4) is 0 Å². The van der Waals surface area contributed by atoms with Crippen LogP contribution in [0.4, 0.5) is 0 Å². The van der Waals surface area contributed by atoms with Crippen LogP contribution in [0.15, 0.2) is 0 Å². The molecule has 1 radical (unpaired) electrons. The maximum atomic E-state index is 10.4. The van der Waals surface area contributed by atoms with E-state index in [4.69, 9.17) is 10.2 Å². The predicted octanol–water partition coefficient (Wildman–Crippen LogP) is -1.71. The Hall–Kier alpha value is -0.1000. The molecule has 3 N–H and O–H groups in total.